The molecule has 7 nitrogen and oxygen atoms in total. The summed E-state index contributed by atoms with van der Waals surface area (Å²) in [6, 6.07) is 9.64. The van der Waals surface area contributed by atoms with E-state index in [0.29, 0.717) is 21.9 Å². The molecule has 3 rings (SSSR count). The Morgan fingerprint density at radius 3 is 2.56 bits per heavy atom. The standard InChI is InChI=1S/C19H16ClN3O4/c1-10-3-4-11(7-16(10)27-2)18(25)22-23-19(26)14-9-21-15-6-5-12(20)8-13(15)17(14)24/h3-9H,1-2H3,(H,21,24)(H,22,25)(H,23,26). The molecule has 0 fully saturated rings. The van der Waals surface area contributed by atoms with Gasteiger partial charge in [-0.3, -0.25) is 25.2 Å². The summed E-state index contributed by atoms with van der Waals surface area (Å²) in [5, 5.41) is 0.664. The molecule has 3 aromatic rings. The van der Waals surface area contributed by atoms with Crippen LogP contribution in [0.15, 0.2) is 47.4 Å². The molecular weight excluding hydrogens is 370 g/mol. The van der Waals surface area contributed by atoms with Crippen molar-refractivity contribution in [1.29, 1.82) is 0 Å². The predicted octanol–water partition coefficient (Wildman–Crippen LogP) is 2.57. The van der Waals surface area contributed by atoms with E-state index in [0.717, 1.165) is 5.56 Å². The van der Waals surface area contributed by atoms with Gasteiger partial charge in [-0.2, -0.15) is 0 Å². The van der Waals surface area contributed by atoms with Gasteiger partial charge >= 0.3 is 0 Å². The first-order chi connectivity index (χ1) is 12.9. The molecule has 2 aromatic carbocycles. The third-order valence-electron chi connectivity index (χ3n) is 4.05. The summed E-state index contributed by atoms with van der Waals surface area (Å²) in [6.45, 7) is 1.85. The number of halogens is 1. The zero-order chi connectivity index (χ0) is 19.6. The van der Waals surface area contributed by atoms with Crippen LogP contribution in [-0.2, 0) is 0 Å². The Labute approximate surface area is 159 Å². The SMILES string of the molecule is COc1cc(C(=O)NNC(=O)c2c[nH]c3ccc(Cl)cc3c2=O)ccc1C. The van der Waals surface area contributed by atoms with Crippen LogP contribution in [0.25, 0.3) is 10.9 Å². The number of hydrogen-bond acceptors (Lipinski definition) is 4. The van der Waals surface area contributed by atoms with Gasteiger partial charge in [-0.15, -0.1) is 0 Å². The molecule has 0 aliphatic heterocycles. The van der Waals surface area contributed by atoms with E-state index in [1.165, 1.54) is 19.4 Å². The van der Waals surface area contributed by atoms with Crippen molar-refractivity contribution in [3.05, 3.63) is 74.5 Å². The Hall–Kier alpha value is -3.32. The maximum Gasteiger partial charge on any atom is 0.275 e. The molecule has 0 atom stereocenters. The lowest BCUT2D eigenvalue weighted by Crippen LogP contribution is -2.43. The molecule has 0 saturated carbocycles. The average Bonchev–Trinajstić information content (AvgIpc) is 2.67. The molecule has 27 heavy (non-hydrogen) atoms. The molecule has 0 unspecified atom stereocenters. The zero-order valence-electron chi connectivity index (χ0n) is 14.6. The van der Waals surface area contributed by atoms with Crippen LogP contribution in [0.3, 0.4) is 0 Å². The predicted molar refractivity (Wildman–Crippen MR) is 102 cm³/mol. The van der Waals surface area contributed by atoms with E-state index >= 15 is 0 Å². The number of fused-ring (bicyclic) bond motifs is 1. The number of aromatic amines is 1. The molecule has 0 spiro atoms. The zero-order valence-corrected chi connectivity index (χ0v) is 15.3. The maximum absolute atomic E-state index is 12.5. The van der Waals surface area contributed by atoms with E-state index in [1.807, 2.05) is 6.92 Å². The van der Waals surface area contributed by atoms with Crippen molar-refractivity contribution in [2.75, 3.05) is 7.11 Å². The van der Waals surface area contributed by atoms with Crippen molar-refractivity contribution < 1.29 is 14.3 Å². The summed E-state index contributed by atoms with van der Waals surface area (Å²) in [6.07, 6.45) is 1.29. The number of carbonyl (C=O) groups is 2. The summed E-state index contributed by atoms with van der Waals surface area (Å²) in [4.78, 5) is 39.9. The van der Waals surface area contributed by atoms with Gasteiger partial charge in [-0.05, 0) is 42.8 Å². The Morgan fingerprint density at radius 2 is 1.81 bits per heavy atom. The van der Waals surface area contributed by atoms with E-state index < -0.39 is 17.2 Å². The first kappa shape index (κ1) is 18.5. The first-order valence-electron chi connectivity index (χ1n) is 7.97. The van der Waals surface area contributed by atoms with Gasteiger partial charge in [0.1, 0.15) is 11.3 Å². The van der Waals surface area contributed by atoms with Crippen LogP contribution in [0.5, 0.6) is 5.75 Å². The number of nitrogens with one attached hydrogen (secondary N) is 3. The first-order valence-corrected chi connectivity index (χ1v) is 8.35. The highest BCUT2D eigenvalue weighted by Gasteiger charge is 2.15. The molecule has 0 aliphatic carbocycles. The van der Waals surface area contributed by atoms with E-state index in [1.54, 1.807) is 30.3 Å². The number of aromatic nitrogens is 1. The molecule has 8 heteroatoms. The number of carbonyl (C=O) groups excluding carboxylic acids is 2. The monoisotopic (exact) mass is 385 g/mol. The number of amides is 2. The molecule has 2 amide bonds. The average molecular weight is 386 g/mol. The lowest BCUT2D eigenvalue weighted by molar-refractivity contribution is 0.0846. The number of hydrogen-bond donors (Lipinski definition) is 3. The molecule has 1 heterocycles. The van der Waals surface area contributed by atoms with Crippen molar-refractivity contribution >= 4 is 34.3 Å². The summed E-state index contributed by atoms with van der Waals surface area (Å²) in [7, 11) is 1.50. The van der Waals surface area contributed by atoms with Gasteiger partial charge in [0.25, 0.3) is 11.8 Å². The van der Waals surface area contributed by atoms with Crippen LogP contribution in [0.4, 0.5) is 0 Å². The van der Waals surface area contributed by atoms with Crippen LogP contribution >= 0.6 is 11.6 Å². The number of H-pyrrole nitrogens is 1. The Bertz CT molecular complexity index is 1110. The molecule has 0 bridgehead atoms. The number of aryl methyl sites for hydroxylation is 1. The summed E-state index contributed by atoms with van der Waals surface area (Å²) < 4.78 is 5.17. The topological polar surface area (TPSA) is 100 Å². The second-order valence-corrected chi connectivity index (χ2v) is 6.25. The molecule has 0 aliphatic rings. The number of hydrazine groups is 1. The second kappa shape index (κ2) is 7.51. The third-order valence-corrected chi connectivity index (χ3v) is 4.28. The summed E-state index contributed by atoms with van der Waals surface area (Å²) in [5.41, 5.74) is 5.61. The largest absolute Gasteiger partial charge is 0.496 e. The summed E-state index contributed by atoms with van der Waals surface area (Å²) in [5.74, 6) is -0.732. The molecule has 0 saturated heterocycles. The van der Waals surface area contributed by atoms with Crippen molar-refractivity contribution in [2.24, 2.45) is 0 Å². The number of benzene rings is 2. The van der Waals surface area contributed by atoms with Crippen LogP contribution in [0.2, 0.25) is 5.02 Å². The fraction of sp³-hybridized carbons (Fsp3) is 0.105. The van der Waals surface area contributed by atoms with E-state index in [-0.39, 0.29) is 10.9 Å². The number of ether oxygens (including phenoxy) is 1. The highest BCUT2D eigenvalue weighted by Crippen LogP contribution is 2.18. The molecule has 0 radical (unpaired) electrons. The lowest BCUT2D eigenvalue weighted by Gasteiger charge is -2.10. The normalized spacial score (nSPS) is 10.5. The molecule has 1 aromatic heterocycles. The van der Waals surface area contributed by atoms with E-state index in [4.69, 9.17) is 16.3 Å². The van der Waals surface area contributed by atoms with Crippen LogP contribution in [0, 0.1) is 6.92 Å². The van der Waals surface area contributed by atoms with Gasteiger partial charge in [0, 0.05) is 27.7 Å². The van der Waals surface area contributed by atoms with Crippen molar-refractivity contribution in [3.8, 4) is 5.75 Å². The molecule has 138 valence electrons. The van der Waals surface area contributed by atoms with Gasteiger partial charge < -0.3 is 9.72 Å². The van der Waals surface area contributed by atoms with E-state index in [2.05, 4.69) is 15.8 Å². The fourth-order valence-electron chi connectivity index (χ4n) is 2.57. The number of rotatable bonds is 3. The van der Waals surface area contributed by atoms with Gasteiger partial charge in [0.15, 0.2) is 0 Å². The van der Waals surface area contributed by atoms with Crippen LogP contribution in [-0.4, -0.2) is 23.9 Å². The molecule has 3 N–H and O–H groups in total. The third kappa shape index (κ3) is 3.78. The minimum absolute atomic E-state index is 0.147. The Kier molecular flexibility index (Phi) is 5.14. The number of methoxy groups -OCH3 is 1. The smallest absolute Gasteiger partial charge is 0.275 e. The number of pyridine rings is 1. The highest BCUT2D eigenvalue weighted by molar-refractivity contribution is 6.31. The minimum atomic E-state index is -0.745. The maximum atomic E-state index is 12.5. The van der Waals surface area contributed by atoms with Crippen LogP contribution in [0.1, 0.15) is 26.3 Å². The Morgan fingerprint density at radius 1 is 1.07 bits per heavy atom. The van der Waals surface area contributed by atoms with Gasteiger partial charge in [-0.1, -0.05) is 17.7 Å². The van der Waals surface area contributed by atoms with Gasteiger partial charge in [0.2, 0.25) is 5.43 Å². The highest BCUT2D eigenvalue weighted by atomic mass is 35.5. The summed E-state index contributed by atoms with van der Waals surface area (Å²) >= 11 is 5.91. The fourth-order valence-corrected chi connectivity index (χ4v) is 2.75. The van der Waals surface area contributed by atoms with Crippen molar-refractivity contribution in [3.63, 3.8) is 0 Å². The second-order valence-electron chi connectivity index (χ2n) is 5.81. The quantitative estimate of drug-likeness (QED) is 0.603. The van der Waals surface area contributed by atoms with Gasteiger partial charge in [-0.25, -0.2) is 0 Å². The van der Waals surface area contributed by atoms with Crippen molar-refractivity contribution in [1.82, 2.24) is 15.8 Å². The van der Waals surface area contributed by atoms with E-state index in [9.17, 15) is 14.4 Å². The van der Waals surface area contributed by atoms with Crippen molar-refractivity contribution in [2.45, 2.75) is 6.92 Å². The minimum Gasteiger partial charge on any atom is -0.496 e. The Balaban J connectivity index is 1.78. The van der Waals surface area contributed by atoms with Crippen LogP contribution < -0.4 is 21.0 Å². The molecular formula is C19H16ClN3O4. The van der Waals surface area contributed by atoms with Gasteiger partial charge in [0.05, 0.1) is 7.11 Å². The lowest BCUT2D eigenvalue weighted by atomic mass is 10.1.